The lowest BCUT2D eigenvalue weighted by molar-refractivity contribution is 0.297. The van der Waals surface area contributed by atoms with Gasteiger partial charge in [0.15, 0.2) is 11.7 Å². The van der Waals surface area contributed by atoms with Crippen LogP contribution < -0.4 is 10.6 Å². The van der Waals surface area contributed by atoms with Crippen molar-refractivity contribution in [2.45, 2.75) is 59.9 Å². The van der Waals surface area contributed by atoms with Gasteiger partial charge in [-0.1, -0.05) is 32.9 Å². The number of nitrogens with one attached hydrogen (secondary N) is 2. The molecule has 1 rings (SSSR count). The zero-order valence-corrected chi connectivity index (χ0v) is 16.1. The van der Waals surface area contributed by atoms with Gasteiger partial charge < -0.3 is 20.1 Å². The standard InChI is InChI=1S/C18H35N5O/c1-6-19-18(20-11-9-10-12-23(7-2)8-3)21-14-16-13-17(15(4)5)22-24-16/h13,15H,6-12,14H2,1-5H3,(H2,19,20,21). The lowest BCUT2D eigenvalue weighted by atomic mass is 10.1. The first-order valence-corrected chi connectivity index (χ1v) is 9.30. The Morgan fingerprint density at radius 2 is 1.96 bits per heavy atom. The maximum atomic E-state index is 5.33. The highest BCUT2D eigenvalue weighted by atomic mass is 16.5. The smallest absolute Gasteiger partial charge is 0.191 e. The number of hydrogen-bond donors (Lipinski definition) is 2. The first-order chi connectivity index (χ1) is 11.6. The van der Waals surface area contributed by atoms with Crippen LogP contribution in [0.5, 0.6) is 0 Å². The lowest BCUT2D eigenvalue weighted by Gasteiger charge is -2.17. The first-order valence-electron chi connectivity index (χ1n) is 9.30. The zero-order chi connectivity index (χ0) is 17.8. The van der Waals surface area contributed by atoms with E-state index in [2.05, 4.69) is 60.3 Å². The molecule has 0 atom stereocenters. The van der Waals surface area contributed by atoms with Crippen molar-refractivity contribution in [1.82, 2.24) is 20.7 Å². The minimum atomic E-state index is 0.378. The second-order valence-corrected chi connectivity index (χ2v) is 6.23. The topological polar surface area (TPSA) is 65.7 Å². The molecule has 0 aromatic carbocycles. The van der Waals surface area contributed by atoms with Gasteiger partial charge in [-0.3, -0.25) is 0 Å². The fraction of sp³-hybridized carbons (Fsp3) is 0.778. The van der Waals surface area contributed by atoms with Crippen LogP contribution in [0.2, 0.25) is 0 Å². The molecule has 0 aliphatic carbocycles. The third kappa shape index (κ3) is 7.81. The average Bonchev–Trinajstić information content (AvgIpc) is 3.05. The van der Waals surface area contributed by atoms with E-state index in [4.69, 9.17) is 4.52 Å². The molecule has 6 heteroatoms. The van der Waals surface area contributed by atoms with E-state index in [1.807, 2.05) is 6.07 Å². The zero-order valence-electron chi connectivity index (χ0n) is 16.1. The van der Waals surface area contributed by atoms with Crippen molar-refractivity contribution >= 4 is 5.96 Å². The maximum Gasteiger partial charge on any atom is 0.191 e. The van der Waals surface area contributed by atoms with Crippen LogP contribution in [0, 0.1) is 0 Å². The highest BCUT2D eigenvalue weighted by molar-refractivity contribution is 5.79. The minimum Gasteiger partial charge on any atom is -0.359 e. The molecular weight excluding hydrogens is 302 g/mol. The fourth-order valence-corrected chi connectivity index (χ4v) is 2.38. The highest BCUT2D eigenvalue weighted by Crippen LogP contribution is 2.14. The molecule has 24 heavy (non-hydrogen) atoms. The SMILES string of the molecule is CCNC(=NCc1cc(C(C)C)no1)NCCCCN(CC)CC. The van der Waals surface area contributed by atoms with Gasteiger partial charge in [0.2, 0.25) is 0 Å². The predicted octanol–water partition coefficient (Wildman–Crippen LogP) is 2.98. The molecule has 1 aromatic rings. The van der Waals surface area contributed by atoms with Gasteiger partial charge in [0.25, 0.3) is 0 Å². The van der Waals surface area contributed by atoms with Gasteiger partial charge in [-0.15, -0.1) is 0 Å². The maximum absolute atomic E-state index is 5.33. The van der Waals surface area contributed by atoms with E-state index in [9.17, 15) is 0 Å². The summed E-state index contributed by atoms with van der Waals surface area (Å²) in [5, 5.41) is 10.7. The Morgan fingerprint density at radius 3 is 2.54 bits per heavy atom. The predicted molar refractivity (Wildman–Crippen MR) is 100 cm³/mol. The van der Waals surface area contributed by atoms with Crippen LogP contribution in [-0.4, -0.2) is 48.7 Å². The van der Waals surface area contributed by atoms with Crippen LogP contribution >= 0.6 is 0 Å². The summed E-state index contributed by atoms with van der Waals surface area (Å²) in [5.74, 6) is 2.02. The van der Waals surface area contributed by atoms with Crippen molar-refractivity contribution in [2.75, 3.05) is 32.7 Å². The van der Waals surface area contributed by atoms with E-state index < -0.39 is 0 Å². The monoisotopic (exact) mass is 337 g/mol. The van der Waals surface area contributed by atoms with Crippen molar-refractivity contribution in [1.29, 1.82) is 0 Å². The van der Waals surface area contributed by atoms with Crippen LogP contribution in [0.25, 0.3) is 0 Å². The van der Waals surface area contributed by atoms with Crippen LogP contribution in [-0.2, 0) is 6.54 Å². The van der Waals surface area contributed by atoms with Gasteiger partial charge in [-0.05, 0) is 45.3 Å². The van der Waals surface area contributed by atoms with Gasteiger partial charge in [0.05, 0.1) is 5.69 Å². The molecular formula is C18H35N5O. The third-order valence-electron chi connectivity index (χ3n) is 3.99. The van der Waals surface area contributed by atoms with Crippen molar-refractivity contribution in [3.05, 3.63) is 17.5 Å². The summed E-state index contributed by atoms with van der Waals surface area (Å²) in [6, 6.07) is 1.99. The molecule has 0 saturated heterocycles. The summed E-state index contributed by atoms with van der Waals surface area (Å²) in [7, 11) is 0. The third-order valence-corrected chi connectivity index (χ3v) is 3.99. The molecule has 0 unspecified atom stereocenters. The highest BCUT2D eigenvalue weighted by Gasteiger charge is 2.07. The summed E-state index contributed by atoms with van der Waals surface area (Å²) in [6.07, 6.45) is 2.34. The van der Waals surface area contributed by atoms with E-state index in [0.717, 1.165) is 50.0 Å². The van der Waals surface area contributed by atoms with Crippen LogP contribution in [0.1, 0.15) is 64.8 Å². The summed E-state index contributed by atoms with van der Waals surface area (Å²) in [5.41, 5.74) is 0.981. The Balaban J connectivity index is 2.36. The van der Waals surface area contributed by atoms with E-state index in [1.54, 1.807) is 0 Å². The first kappa shape index (κ1) is 20.5. The quantitative estimate of drug-likeness (QED) is 0.369. The van der Waals surface area contributed by atoms with Crippen molar-refractivity contribution in [3.63, 3.8) is 0 Å². The minimum absolute atomic E-state index is 0.378. The molecule has 0 aliphatic rings. The van der Waals surface area contributed by atoms with E-state index in [-0.39, 0.29) is 0 Å². The van der Waals surface area contributed by atoms with Crippen molar-refractivity contribution in [3.8, 4) is 0 Å². The Morgan fingerprint density at radius 1 is 1.21 bits per heavy atom. The molecule has 0 bridgehead atoms. The summed E-state index contributed by atoms with van der Waals surface area (Å²) in [4.78, 5) is 7.03. The lowest BCUT2D eigenvalue weighted by Crippen LogP contribution is -2.38. The molecule has 138 valence electrons. The molecule has 0 saturated carbocycles. The Bertz CT molecular complexity index is 466. The molecule has 1 aromatic heterocycles. The van der Waals surface area contributed by atoms with Gasteiger partial charge in [-0.25, -0.2) is 4.99 Å². The molecule has 2 N–H and O–H groups in total. The van der Waals surface area contributed by atoms with Gasteiger partial charge in [-0.2, -0.15) is 0 Å². The number of nitrogens with zero attached hydrogens (tertiary/aromatic N) is 3. The number of hydrogen-bond acceptors (Lipinski definition) is 4. The summed E-state index contributed by atoms with van der Waals surface area (Å²) < 4.78 is 5.33. The van der Waals surface area contributed by atoms with Crippen LogP contribution in [0.3, 0.4) is 0 Å². The Hall–Kier alpha value is -1.56. The number of guanidine groups is 1. The average molecular weight is 338 g/mol. The van der Waals surface area contributed by atoms with Gasteiger partial charge in [0.1, 0.15) is 6.54 Å². The van der Waals surface area contributed by atoms with Gasteiger partial charge in [0, 0.05) is 19.2 Å². The molecule has 6 nitrogen and oxygen atoms in total. The molecule has 1 heterocycles. The Labute approximate surface area is 147 Å². The van der Waals surface area contributed by atoms with Crippen LogP contribution in [0.15, 0.2) is 15.6 Å². The summed E-state index contributed by atoms with van der Waals surface area (Å²) >= 11 is 0. The number of aliphatic imine (C=N–C) groups is 1. The Kier molecular flexibility index (Phi) is 10.2. The number of rotatable bonds is 11. The molecule has 0 spiro atoms. The van der Waals surface area contributed by atoms with E-state index in [0.29, 0.717) is 12.5 Å². The van der Waals surface area contributed by atoms with Gasteiger partial charge >= 0.3 is 0 Å². The van der Waals surface area contributed by atoms with E-state index >= 15 is 0 Å². The van der Waals surface area contributed by atoms with E-state index in [1.165, 1.54) is 13.0 Å². The second kappa shape index (κ2) is 11.9. The molecule has 0 radical (unpaired) electrons. The molecule has 0 fully saturated rings. The normalized spacial score (nSPS) is 12.2. The second-order valence-electron chi connectivity index (χ2n) is 6.23. The largest absolute Gasteiger partial charge is 0.359 e. The number of unbranched alkanes of at least 4 members (excludes halogenated alkanes) is 1. The molecule has 0 aliphatic heterocycles. The van der Waals surface area contributed by atoms with Crippen LogP contribution in [0.4, 0.5) is 0 Å². The summed E-state index contributed by atoms with van der Waals surface area (Å²) in [6.45, 7) is 16.4. The van der Waals surface area contributed by atoms with Crippen molar-refractivity contribution < 1.29 is 4.52 Å². The number of aromatic nitrogens is 1. The van der Waals surface area contributed by atoms with Crippen molar-refractivity contribution in [2.24, 2.45) is 4.99 Å². The molecule has 0 amide bonds. The fourth-order valence-electron chi connectivity index (χ4n) is 2.38.